The fraction of sp³-hybridized carbons (Fsp3) is 0.250. The van der Waals surface area contributed by atoms with Crippen LogP contribution in [0.2, 0.25) is 0 Å². The molecule has 0 aliphatic rings. The van der Waals surface area contributed by atoms with Crippen LogP contribution in [0.15, 0.2) is 23.1 Å². The molecule has 0 spiro atoms. The van der Waals surface area contributed by atoms with E-state index in [-0.39, 0.29) is 23.5 Å². The van der Waals surface area contributed by atoms with Crippen molar-refractivity contribution in [2.24, 2.45) is 5.73 Å². The zero-order chi connectivity index (χ0) is 8.97. The summed E-state index contributed by atoms with van der Waals surface area (Å²) >= 11 is 0. The predicted molar refractivity (Wildman–Crippen MR) is 51.7 cm³/mol. The molecule has 0 aliphatic heterocycles. The average Bonchev–Trinajstić information content (AvgIpc) is 2.09. The van der Waals surface area contributed by atoms with Crippen LogP contribution in [0.3, 0.4) is 0 Å². The number of hydrogen-bond acceptors (Lipinski definition) is 3. The van der Waals surface area contributed by atoms with Crippen LogP contribution in [-0.4, -0.2) is 11.1 Å². The second kappa shape index (κ2) is 5.36. The Morgan fingerprint density at radius 3 is 2.85 bits per heavy atom. The van der Waals surface area contributed by atoms with E-state index in [1.54, 1.807) is 12.3 Å². The molecule has 0 bridgehead atoms. The Morgan fingerprint density at radius 2 is 2.31 bits per heavy atom. The van der Waals surface area contributed by atoms with Crippen molar-refractivity contribution in [3.8, 4) is 6.07 Å². The van der Waals surface area contributed by atoms with Crippen molar-refractivity contribution >= 4 is 12.4 Å². The second-order valence-corrected chi connectivity index (χ2v) is 2.32. The summed E-state index contributed by atoms with van der Waals surface area (Å²) < 4.78 is 1.43. The van der Waals surface area contributed by atoms with Gasteiger partial charge in [-0.1, -0.05) is 0 Å². The summed E-state index contributed by atoms with van der Waals surface area (Å²) in [4.78, 5) is 11.3. The number of nitriles is 1. The first-order valence-corrected chi connectivity index (χ1v) is 3.59. The Hall–Kier alpha value is -1.31. The zero-order valence-electron chi connectivity index (χ0n) is 6.93. The molecule has 0 aromatic carbocycles. The van der Waals surface area contributed by atoms with Gasteiger partial charge in [-0.2, -0.15) is 5.26 Å². The Bertz CT molecular complexity index is 366. The first kappa shape index (κ1) is 11.7. The molecule has 4 nitrogen and oxygen atoms in total. The molecule has 0 fully saturated rings. The SMILES string of the molecule is Cl.N#Cc1cccn(CCN)c1=O. The van der Waals surface area contributed by atoms with E-state index in [2.05, 4.69) is 0 Å². The summed E-state index contributed by atoms with van der Waals surface area (Å²) in [6.07, 6.45) is 1.62. The molecule has 1 rings (SSSR count). The van der Waals surface area contributed by atoms with E-state index in [1.165, 1.54) is 10.6 Å². The van der Waals surface area contributed by atoms with Crippen molar-refractivity contribution in [2.45, 2.75) is 6.54 Å². The third kappa shape index (κ3) is 2.58. The van der Waals surface area contributed by atoms with Crippen molar-refractivity contribution in [3.63, 3.8) is 0 Å². The summed E-state index contributed by atoms with van der Waals surface area (Å²) in [5, 5.41) is 8.52. The van der Waals surface area contributed by atoms with Gasteiger partial charge in [-0.15, -0.1) is 12.4 Å². The van der Waals surface area contributed by atoms with E-state index in [9.17, 15) is 4.79 Å². The van der Waals surface area contributed by atoms with Gasteiger partial charge in [0.25, 0.3) is 5.56 Å². The molecule has 1 aromatic heterocycles. The average molecular weight is 200 g/mol. The monoisotopic (exact) mass is 199 g/mol. The van der Waals surface area contributed by atoms with Gasteiger partial charge in [0.1, 0.15) is 11.6 Å². The van der Waals surface area contributed by atoms with E-state index < -0.39 is 0 Å². The molecule has 0 amide bonds. The molecule has 0 atom stereocenters. The fourth-order valence-electron chi connectivity index (χ4n) is 0.937. The Kier molecular flexibility index (Phi) is 4.82. The van der Waals surface area contributed by atoms with Gasteiger partial charge in [-0.05, 0) is 12.1 Å². The topological polar surface area (TPSA) is 71.8 Å². The van der Waals surface area contributed by atoms with Gasteiger partial charge in [0.15, 0.2) is 0 Å². The zero-order valence-corrected chi connectivity index (χ0v) is 7.75. The van der Waals surface area contributed by atoms with Gasteiger partial charge < -0.3 is 10.3 Å². The summed E-state index contributed by atoms with van der Waals surface area (Å²) in [6, 6.07) is 4.98. The summed E-state index contributed by atoms with van der Waals surface area (Å²) in [7, 11) is 0. The molecule has 0 saturated heterocycles. The Balaban J connectivity index is 0.00000144. The first-order valence-electron chi connectivity index (χ1n) is 3.59. The second-order valence-electron chi connectivity index (χ2n) is 2.32. The number of halogens is 1. The summed E-state index contributed by atoms with van der Waals surface area (Å²) in [6.45, 7) is 0.850. The Labute approximate surface area is 82.0 Å². The molecule has 1 heterocycles. The summed E-state index contributed by atoms with van der Waals surface area (Å²) in [5.74, 6) is 0. The maximum absolute atomic E-state index is 11.3. The van der Waals surface area contributed by atoms with Crippen molar-refractivity contribution in [2.75, 3.05) is 6.54 Å². The standard InChI is InChI=1S/C8H9N3O.ClH/c9-3-5-11-4-1-2-7(6-10)8(11)12;/h1-2,4H,3,5,9H2;1H. The lowest BCUT2D eigenvalue weighted by atomic mass is 10.3. The van der Waals surface area contributed by atoms with Crippen LogP contribution in [0, 0.1) is 11.3 Å². The molecular weight excluding hydrogens is 190 g/mol. The van der Waals surface area contributed by atoms with Crippen LogP contribution in [0.5, 0.6) is 0 Å². The van der Waals surface area contributed by atoms with Crippen molar-refractivity contribution in [1.82, 2.24) is 4.57 Å². The van der Waals surface area contributed by atoms with Gasteiger partial charge in [0.2, 0.25) is 0 Å². The highest BCUT2D eigenvalue weighted by molar-refractivity contribution is 5.85. The van der Waals surface area contributed by atoms with Crippen LogP contribution < -0.4 is 11.3 Å². The molecule has 0 saturated carbocycles. The first-order chi connectivity index (χ1) is 5.79. The molecule has 0 aliphatic carbocycles. The molecule has 13 heavy (non-hydrogen) atoms. The van der Waals surface area contributed by atoms with Gasteiger partial charge >= 0.3 is 0 Å². The molecular formula is C8H10ClN3O. The molecule has 2 N–H and O–H groups in total. The van der Waals surface area contributed by atoms with Crippen molar-refractivity contribution in [1.29, 1.82) is 5.26 Å². The minimum Gasteiger partial charge on any atom is -0.329 e. The number of pyridine rings is 1. The van der Waals surface area contributed by atoms with Gasteiger partial charge in [0.05, 0.1) is 0 Å². The van der Waals surface area contributed by atoms with Crippen LogP contribution >= 0.6 is 12.4 Å². The van der Waals surface area contributed by atoms with E-state index in [0.29, 0.717) is 13.1 Å². The quantitative estimate of drug-likeness (QED) is 0.735. The van der Waals surface area contributed by atoms with Crippen LogP contribution in [0.4, 0.5) is 0 Å². The van der Waals surface area contributed by atoms with Gasteiger partial charge in [-0.3, -0.25) is 4.79 Å². The van der Waals surface area contributed by atoms with Gasteiger partial charge in [-0.25, -0.2) is 0 Å². The lowest BCUT2D eigenvalue weighted by Gasteiger charge is -2.01. The van der Waals surface area contributed by atoms with Crippen LogP contribution in [-0.2, 0) is 6.54 Å². The number of nitrogens with zero attached hydrogens (tertiary/aromatic N) is 2. The third-order valence-electron chi connectivity index (χ3n) is 1.51. The highest BCUT2D eigenvalue weighted by Gasteiger charge is 1.99. The van der Waals surface area contributed by atoms with Crippen molar-refractivity contribution < 1.29 is 0 Å². The number of rotatable bonds is 2. The predicted octanol–water partition coefficient (Wildman–Crippen LogP) is 0.100. The third-order valence-corrected chi connectivity index (χ3v) is 1.51. The van der Waals surface area contributed by atoms with Gasteiger partial charge in [0, 0.05) is 19.3 Å². The van der Waals surface area contributed by atoms with Crippen LogP contribution in [0.1, 0.15) is 5.56 Å². The smallest absolute Gasteiger partial charge is 0.268 e. The van der Waals surface area contributed by atoms with E-state index in [0.717, 1.165) is 0 Å². The summed E-state index contributed by atoms with van der Waals surface area (Å²) in [5.41, 5.74) is 5.16. The molecule has 0 radical (unpaired) electrons. The molecule has 5 heteroatoms. The number of aromatic nitrogens is 1. The molecule has 1 aromatic rings. The number of nitrogens with two attached hydrogens (primary N) is 1. The normalized spacial score (nSPS) is 8.62. The lowest BCUT2D eigenvalue weighted by molar-refractivity contribution is 0.679. The van der Waals surface area contributed by atoms with E-state index in [1.807, 2.05) is 6.07 Å². The molecule has 0 unspecified atom stereocenters. The van der Waals surface area contributed by atoms with E-state index >= 15 is 0 Å². The largest absolute Gasteiger partial charge is 0.329 e. The minimum absolute atomic E-state index is 0. The highest BCUT2D eigenvalue weighted by Crippen LogP contribution is 1.88. The Morgan fingerprint density at radius 1 is 1.62 bits per heavy atom. The van der Waals surface area contributed by atoms with Crippen LogP contribution in [0.25, 0.3) is 0 Å². The lowest BCUT2D eigenvalue weighted by Crippen LogP contribution is -2.24. The van der Waals surface area contributed by atoms with Crippen molar-refractivity contribution in [3.05, 3.63) is 34.2 Å². The fourth-order valence-corrected chi connectivity index (χ4v) is 0.937. The minimum atomic E-state index is -0.273. The maximum atomic E-state index is 11.3. The highest BCUT2D eigenvalue weighted by atomic mass is 35.5. The number of hydrogen-bond donors (Lipinski definition) is 1. The van der Waals surface area contributed by atoms with E-state index in [4.69, 9.17) is 11.0 Å². The molecule has 70 valence electrons. The maximum Gasteiger partial charge on any atom is 0.268 e.